The van der Waals surface area contributed by atoms with E-state index in [1.165, 1.54) is 42.4 Å². The van der Waals surface area contributed by atoms with E-state index in [-0.39, 0.29) is 0 Å². The Morgan fingerprint density at radius 1 is 0.348 bits per heavy atom. The average molecular weight is 863 g/mol. The van der Waals surface area contributed by atoms with Crippen molar-refractivity contribution in [3.63, 3.8) is 0 Å². The molecular formula is C61H38N2O2S. The molecule has 0 bridgehead atoms. The molecule has 0 amide bonds. The van der Waals surface area contributed by atoms with Crippen LogP contribution in [-0.2, 0) is 5.41 Å². The number of nitrogens with zero attached hydrogens (tertiary/aromatic N) is 2. The first-order chi connectivity index (χ1) is 32.7. The minimum atomic E-state index is -0.631. The van der Waals surface area contributed by atoms with E-state index < -0.39 is 5.41 Å². The van der Waals surface area contributed by atoms with Gasteiger partial charge in [-0.25, -0.2) is 0 Å². The molecule has 1 aliphatic carbocycles. The summed E-state index contributed by atoms with van der Waals surface area (Å²) in [6.07, 6.45) is 0. The summed E-state index contributed by atoms with van der Waals surface area (Å²) in [5, 5.41) is 4.61. The minimum absolute atomic E-state index is 0.631. The van der Waals surface area contributed by atoms with Crippen molar-refractivity contribution in [3.05, 3.63) is 253 Å². The average Bonchev–Trinajstić information content (AvgIpc) is 4.04. The Balaban J connectivity index is 1.09. The molecule has 2 aromatic heterocycles. The summed E-state index contributed by atoms with van der Waals surface area (Å²) in [5.74, 6) is 1.72. The maximum absolute atomic E-state index is 6.95. The summed E-state index contributed by atoms with van der Waals surface area (Å²) >= 11 is 1.84. The largest absolute Gasteiger partial charge is 0.457 e. The van der Waals surface area contributed by atoms with Gasteiger partial charge in [0.2, 0.25) is 0 Å². The lowest BCUT2D eigenvalue weighted by atomic mass is 9.66. The Morgan fingerprint density at radius 2 is 0.924 bits per heavy atom. The van der Waals surface area contributed by atoms with Crippen LogP contribution in [-0.4, -0.2) is 0 Å². The first-order valence-corrected chi connectivity index (χ1v) is 23.2. The zero-order valence-electron chi connectivity index (χ0n) is 35.6. The van der Waals surface area contributed by atoms with Crippen LogP contribution in [0.3, 0.4) is 0 Å². The summed E-state index contributed by atoms with van der Waals surface area (Å²) in [4.78, 5) is 4.82. The van der Waals surface area contributed by atoms with Crippen molar-refractivity contribution in [2.45, 2.75) is 5.41 Å². The van der Waals surface area contributed by atoms with E-state index in [0.29, 0.717) is 0 Å². The molecular weight excluding hydrogens is 825 g/mol. The predicted octanol–water partition coefficient (Wildman–Crippen LogP) is 17.4. The first-order valence-electron chi connectivity index (χ1n) is 22.4. The minimum Gasteiger partial charge on any atom is -0.457 e. The van der Waals surface area contributed by atoms with Gasteiger partial charge in [0.25, 0.3) is 0 Å². The number of para-hydroxylation sites is 4. The number of rotatable bonds is 6. The van der Waals surface area contributed by atoms with Crippen LogP contribution in [0.4, 0.5) is 34.1 Å². The SMILES string of the molecule is c1ccc(N(c2ccccc2)c2cc(N(c3ccc4c(c3)C3(c5ccccc5O4)c4ccccc4-c4ccccc43)c3ccc4c(c3)oc3ccccc34)c3sc4ccccc4c3c2)cc1. The summed E-state index contributed by atoms with van der Waals surface area (Å²) in [6, 6.07) is 83.1. The molecule has 2 aliphatic rings. The van der Waals surface area contributed by atoms with E-state index in [1.54, 1.807) is 0 Å². The van der Waals surface area contributed by atoms with E-state index in [4.69, 9.17) is 9.15 Å². The van der Waals surface area contributed by atoms with E-state index in [9.17, 15) is 0 Å². The highest BCUT2D eigenvalue weighted by Crippen LogP contribution is 2.63. The van der Waals surface area contributed by atoms with Gasteiger partial charge < -0.3 is 19.0 Å². The van der Waals surface area contributed by atoms with Crippen molar-refractivity contribution in [1.82, 2.24) is 0 Å². The van der Waals surface area contributed by atoms with Crippen LogP contribution in [0, 0.1) is 0 Å². The summed E-state index contributed by atoms with van der Waals surface area (Å²) < 4.78 is 16.0. The number of ether oxygens (including phenoxy) is 1. The van der Waals surface area contributed by atoms with Crippen LogP contribution in [0.5, 0.6) is 11.5 Å². The molecule has 3 heterocycles. The van der Waals surface area contributed by atoms with Gasteiger partial charge in [-0.15, -0.1) is 11.3 Å². The maximum atomic E-state index is 6.95. The lowest BCUT2D eigenvalue weighted by molar-refractivity contribution is 0.436. The molecule has 0 unspecified atom stereocenters. The summed E-state index contributed by atoms with van der Waals surface area (Å²) in [7, 11) is 0. The van der Waals surface area contributed by atoms with Gasteiger partial charge in [0, 0.05) is 71.9 Å². The molecule has 0 radical (unpaired) electrons. The molecule has 5 heteroatoms. The van der Waals surface area contributed by atoms with Gasteiger partial charge in [0.15, 0.2) is 0 Å². The smallest absolute Gasteiger partial charge is 0.137 e. The number of furan rings is 1. The van der Waals surface area contributed by atoms with Crippen molar-refractivity contribution < 1.29 is 9.15 Å². The Kier molecular flexibility index (Phi) is 8.03. The second kappa shape index (κ2) is 14.3. The molecule has 1 aliphatic heterocycles. The van der Waals surface area contributed by atoms with Gasteiger partial charge >= 0.3 is 0 Å². The van der Waals surface area contributed by atoms with Gasteiger partial charge in [0.05, 0.1) is 15.8 Å². The van der Waals surface area contributed by atoms with E-state index in [0.717, 1.165) is 78.7 Å². The van der Waals surface area contributed by atoms with E-state index in [2.05, 4.69) is 234 Å². The highest BCUT2D eigenvalue weighted by Gasteiger charge is 2.51. The van der Waals surface area contributed by atoms with Crippen LogP contribution in [0.1, 0.15) is 22.3 Å². The van der Waals surface area contributed by atoms with Gasteiger partial charge in [-0.1, -0.05) is 140 Å². The van der Waals surface area contributed by atoms with Crippen molar-refractivity contribution in [2.75, 3.05) is 9.80 Å². The Labute approximate surface area is 385 Å². The Hall–Kier alpha value is -8.38. The quantitative estimate of drug-likeness (QED) is 0.167. The predicted molar refractivity (Wildman–Crippen MR) is 273 cm³/mol. The first kappa shape index (κ1) is 37.0. The monoisotopic (exact) mass is 862 g/mol. The normalized spacial score (nSPS) is 13.1. The molecule has 0 saturated heterocycles. The second-order valence-electron chi connectivity index (χ2n) is 17.2. The molecule has 310 valence electrons. The van der Waals surface area contributed by atoms with Crippen molar-refractivity contribution in [3.8, 4) is 22.6 Å². The Bertz CT molecular complexity index is 3800. The number of fused-ring (bicyclic) bond motifs is 15. The fraction of sp³-hybridized carbons (Fsp3) is 0.0164. The van der Waals surface area contributed by atoms with Gasteiger partial charge in [-0.2, -0.15) is 0 Å². The highest BCUT2D eigenvalue weighted by atomic mass is 32.1. The third-order valence-electron chi connectivity index (χ3n) is 13.7. The Morgan fingerprint density at radius 3 is 1.68 bits per heavy atom. The molecule has 66 heavy (non-hydrogen) atoms. The van der Waals surface area contributed by atoms with Crippen LogP contribution in [0.2, 0.25) is 0 Å². The van der Waals surface area contributed by atoms with Gasteiger partial charge in [0.1, 0.15) is 22.7 Å². The topological polar surface area (TPSA) is 28.9 Å². The van der Waals surface area contributed by atoms with Crippen LogP contribution < -0.4 is 14.5 Å². The number of benzene rings is 10. The summed E-state index contributed by atoms with van der Waals surface area (Å²) in [6.45, 7) is 0. The zero-order valence-corrected chi connectivity index (χ0v) is 36.4. The maximum Gasteiger partial charge on any atom is 0.137 e. The van der Waals surface area contributed by atoms with Gasteiger partial charge in [-0.3, -0.25) is 0 Å². The fourth-order valence-corrected chi connectivity index (χ4v) is 12.1. The fourth-order valence-electron chi connectivity index (χ4n) is 11.0. The zero-order chi connectivity index (χ0) is 43.3. The third kappa shape index (κ3) is 5.32. The molecule has 0 fully saturated rings. The van der Waals surface area contributed by atoms with E-state index in [1.807, 2.05) is 17.4 Å². The molecule has 0 N–H and O–H groups in total. The highest BCUT2D eigenvalue weighted by molar-refractivity contribution is 7.26. The number of hydrogen-bond donors (Lipinski definition) is 0. The molecule has 4 nitrogen and oxygen atoms in total. The third-order valence-corrected chi connectivity index (χ3v) is 14.9. The standard InChI is InChI=1S/C61H38N2O2S/c1-3-17-39(18-4-1)62(40-19-5-2-6-20-40)43-35-49-48-24-10-16-30-59(48)66-60(49)54(37-43)63(42-31-33-47-46-23-9-14-28-55(46)64-58(47)38-42)41-32-34-57-53(36-41)61(52-27-13-15-29-56(52)65-57)50-25-11-7-21-44(50)45-22-8-12-26-51(45)61/h1-38H. The molecule has 12 aromatic rings. The van der Waals surface area contributed by atoms with Crippen molar-refractivity contribution >= 4 is 87.6 Å². The molecule has 10 aromatic carbocycles. The van der Waals surface area contributed by atoms with E-state index >= 15 is 0 Å². The molecule has 0 atom stereocenters. The van der Waals surface area contributed by atoms with Crippen LogP contribution in [0.15, 0.2) is 235 Å². The van der Waals surface area contributed by atoms with Crippen LogP contribution in [0.25, 0.3) is 53.2 Å². The van der Waals surface area contributed by atoms with Gasteiger partial charge in [-0.05, 0) is 107 Å². The number of hydrogen-bond acceptors (Lipinski definition) is 5. The lowest BCUT2D eigenvalue weighted by Gasteiger charge is -2.40. The second-order valence-corrected chi connectivity index (χ2v) is 18.2. The van der Waals surface area contributed by atoms with Crippen molar-refractivity contribution in [2.24, 2.45) is 0 Å². The lowest BCUT2D eigenvalue weighted by Crippen LogP contribution is -2.32. The molecule has 14 rings (SSSR count). The van der Waals surface area contributed by atoms with Crippen LogP contribution >= 0.6 is 11.3 Å². The number of anilines is 6. The summed E-state index contributed by atoms with van der Waals surface area (Å²) in [5.41, 5.74) is 14.6. The molecule has 0 saturated carbocycles. The molecule has 1 spiro atoms. The number of thiophene rings is 1. The van der Waals surface area contributed by atoms with Crippen molar-refractivity contribution in [1.29, 1.82) is 0 Å².